The standard InChI is InChI=1S/C20H30N4O2.HI/c1-4-21-20(22-11-8-12-25-15-16(2)3)23-14-18-13-19(26-24-18)17-9-6-5-7-10-17;/h5-7,9-10,13,16H,4,8,11-12,14-15H2,1-3H3,(H2,21,22,23);1H. The number of guanidine groups is 1. The molecule has 0 spiro atoms. The van der Waals surface area contributed by atoms with E-state index in [1.165, 1.54) is 0 Å². The SMILES string of the molecule is CCNC(=NCc1cc(-c2ccccc2)on1)NCCCOCC(C)C.I. The number of hydrogen-bond donors (Lipinski definition) is 2. The molecule has 2 N–H and O–H groups in total. The first-order valence-corrected chi connectivity index (χ1v) is 9.30. The highest BCUT2D eigenvalue weighted by atomic mass is 127. The Bertz CT molecular complexity index is 659. The summed E-state index contributed by atoms with van der Waals surface area (Å²) in [5.74, 6) is 2.11. The Morgan fingerprint density at radius 3 is 2.70 bits per heavy atom. The molecular weight excluding hydrogens is 455 g/mol. The summed E-state index contributed by atoms with van der Waals surface area (Å²) in [7, 11) is 0. The largest absolute Gasteiger partial charge is 0.381 e. The van der Waals surface area contributed by atoms with Gasteiger partial charge >= 0.3 is 0 Å². The number of nitrogens with zero attached hydrogens (tertiary/aromatic N) is 2. The molecule has 0 aliphatic rings. The van der Waals surface area contributed by atoms with Crippen LogP contribution in [0, 0.1) is 5.92 Å². The van der Waals surface area contributed by atoms with Crippen LogP contribution in [0.1, 0.15) is 32.9 Å². The van der Waals surface area contributed by atoms with Crippen molar-refractivity contribution in [1.29, 1.82) is 0 Å². The van der Waals surface area contributed by atoms with E-state index in [4.69, 9.17) is 9.26 Å². The molecule has 0 radical (unpaired) electrons. The molecule has 2 rings (SSSR count). The first-order valence-electron chi connectivity index (χ1n) is 9.30. The Hall–Kier alpha value is -1.61. The van der Waals surface area contributed by atoms with Crippen LogP contribution in [0.2, 0.25) is 0 Å². The van der Waals surface area contributed by atoms with E-state index in [-0.39, 0.29) is 24.0 Å². The molecule has 0 aliphatic carbocycles. The molecule has 1 aromatic heterocycles. The van der Waals surface area contributed by atoms with Crippen LogP contribution in [0.15, 0.2) is 45.9 Å². The minimum absolute atomic E-state index is 0. The van der Waals surface area contributed by atoms with Crippen molar-refractivity contribution < 1.29 is 9.26 Å². The maximum absolute atomic E-state index is 5.59. The van der Waals surface area contributed by atoms with E-state index in [2.05, 4.69) is 34.6 Å². The summed E-state index contributed by atoms with van der Waals surface area (Å²) in [5, 5.41) is 10.7. The maximum Gasteiger partial charge on any atom is 0.191 e. The van der Waals surface area contributed by atoms with Gasteiger partial charge in [-0.1, -0.05) is 49.3 Å². The monoisotopic (exact) mass is 486 g/mol. The molecule has 0 aliphatic heterocycles. The molecule has 0 amide bonds. The molecule has 27 heavy (non-hydrogen) atoms. The van der Waals surface area contributed by atoms with Gasteiger partial charge in [0.15, 0.2) is 11.7 Å². The molecule has 0 saturated carbocycles. The van der Waals surface area contributed by atoms with Crippen molar-refractivity contribution in [2.24, 2.45) is 10.9 Å². The minimum Gasteiger partial charge on any atom is -0.381 e. The number of hydrogen-bond acceptors (Lipinski definition) is 4. The molecule has 0 fully saturated rings. The highest BCUT2D eigenvalue weighted by molar-refractivity contribution is 14.0. The van der Waals surface area contributed by atoms with Gasteiger partial charge in [-0.15, -0.1) is 24.0 Å². The van der Waals surface area contributed by atoms with Crippen LogP contribution in [0.5, 0.6) is 0 Å². The summed E-state index contributed by atoms with van der Waals surface area (Å²) < 4.78 is 11.0. The van der Waals surface area contributed by atoms with Crippen molar-refractivity contribution in [3.63, 3.8) is 0 Å². The van der Waals surface area contributed by atoms with Crippen LogP contribution in [-0.4, -0.2) is 37.4 Å². The molecule has 0 saturated heterocycles. The molecule has 7 heteroatoms. The number of halogens is 1. The second-order valence-corrected chi connectivity index (χ2v) is 6.49. The van der Waals surface area contributed by atoms with E-state index < -0.39 is 0 Å². The summed E-state index contributed by atoms with van der Waals surface area (Å²) >= 11 is 0. The van der Waals surface area contributed by atoms with E-state index >= 15 is 0 Å². The van der Waals surface area contributed by atoms with Crippen LogP contribution < -0.4 is 10.6 Å². The number of aliphatic imine (C=N–C) groups is 1. The topological polar surface area (TPSA) is 71.7 Å². The van der Waals surface area contributed by atoms with E-state index in [9.17, 15) is 0 Å². The lowest BCUT2D eigenvalue weighted by Crippen LogP contribution is -2.38. The van der Waals surface area contributed by atoms with Gasteiger partial charge in [0.1, 0.15) is 5.69 Å². The third kappa shape index (κ3) is 9.23. The fourth-order valence-electron chi connectivity index (χ4n) is 2.33. The van der Waals surface area contributed by atoms with E-state index in [0.717, 1.165) is 55.7 Å². The molecule has 0 bridgehead atoms. The first kappa shape index (κ1) is 23.4. The normalized spacial score (nSPS) is 11.3. The lowest BCUT2D eigenvalue weighted by molar-refractivity contribution is 0.108. The third-order valence-electron chi connectivity index (χ3n) is 3.57. The molecule has 0 unspecified atom stereocenters. The second-order valence-electron chi connectivity index (χ2n) is 6.49. The van der Waals surface area contributed by atoms with Crippen molar-refractivity contribution >= 4 is 29.9 Å². The van der Waals surface area contributed by atoms with Crippen LogP contribution in [-0.2, 0) is 11.3 Å². The fourth-order valence-corrected chi connectivity index (χ4v) is 2.33. The second kappa shape index (κ2) is 13.5. The van der Waals surface area contributed by atoms with Crippen LogP contribution in [0.3, 0.4) is 0 Å². The van der Waals surface area contributed by atoms with Gasteiger partial charge < -0.3 is 19.9 Å². The summed E-state index contributed by atoms with van der Waals surface area (Å²) in [6.07, 6.45) is 0.944. The Balaban J connectivity index is 0.00000364. The summed E-state index contributed by atoms with van der Waals surface area (Å²) in [6, 6.07) is 11.9. The Labute approximate surface area is 179 Å². The zero-order valence-corrected chi connectivity index (χ0v) is 18.7. The van der Waals surface area contributed by atoms with E-state index in [1.54, 1.807) is 0 Å². The predicted molar refractivity (Wildman–Crippen MR) is 120 cm³/mol. The quantitative estimate of drug-likeness (QED) is 0.229. The first-order chi connectivity index (χ1) is 12.7. The van der Waals surface area contributed by atoms with Gasteiger partial charge in [-0.25, -0.2) is 4.99 Å². The lowest BCUT2D eigenvalue weighted by atomic mass is 10.2. The van der Waals surface area contributed by atoms with Gasteiger partial charge in [0.05, 0.1) is 6.54 Å². The summed E-state index contributed by atoms with van der Waals surface area (Å²) in [5.41, 5.74) is 1.82. The van der Waals surface area contributed by atoms with Gasteiger partial charge in [0, 0.05) is 37.9 Å². The summed E-state index contributed by atoms with van der Waals surface area (Å²) in [6.45, 7) is 10.0. The number of rotatable bonds is 10. The third-order valence-corrected chi connectivity index (χ3v) is 3.57. The summed E-state index contributed by atoms with van der Waals surface area (Å²) in [4.78, 5) is 4.57. The average molecular weight is 486 g/mol. The molecule has 6 nitrogen and oxygen atoms in total. The Kier molecular flexibility index (Phi) is 11.8. The molecule has 1 aromatic carbocycles. The number of benzene rings is 1. The average Bonchev–Trinajstić information content (AvgIpc) is 3.12. The fraction of sp³-hybridized carbons (Fsp3) is 0.500. The van der Waals surface area contributed by atoms with Gasteiger partial charge in [-0.3, -0.25) is 0 Å². The molecule has 0 atom stereocenters. The van der Waals surface area contributed by atoms with Crippen LogP contribution >= 0.6 is 24.0 Å². The van der Waals surface area contributed by atoms with E-state index in [0.29, 0.717) is 12.5 Å². The number of ether oxygens (including phenoxy) is 1. The molecule has 150 valence electrons. The van der Waals surface area contributed by atoms with Gasteiger partial charge in [-0.2, -0.15) is 0 Å². The highest BCUT2D eigenvalue weighted by Crippen LogP contribution is 2.19. The highest BCUT2D eigenvalue weighted by Gasteiger charge is 2.06. The smallest absolute Gasteiger partial charge is 0.191 e. The van der Waals surface area contributed by atoms with Gasteiger partial charge in [0.25, 0.3) is 0 Å². The Morgan fingerprint density at radius 1 is 1.22 bits per heavy atom. The van der Waals surface area contributed by atoms with Gasteiger partial charge in [-0.05, 0) is 19.3 Å². The number of nitrogens with one attached hydrogen (secondary N) is 2. The van der Waals surface area contributed by atoms with Crippen molar-refractivity contribution in [2.75, 3.05) is 26.3 Å². The van der Waals surface area contributed by atoms with Crippen LogP contribution in [0.25, 0.3) is 11.3 Å². The Morgan fingerprint density at radius 2 is 2.00 bits per heavy atom. The zero-order chi connectivity index (χ0) is 18.6. The zero-order valence-electron chi connectivity index (χ0n) is 16.4. The molecule has 2 aromatic rings. The van der Waals surface area contributed by atoms with E-state index in [1.807, 2.05) is 43.3 Å². The molecular formula is C20H31IN4O2. The van der Waals surface area contributed by atoms with Crippen molar-refractivity contribution in [2.45, 2.75) is 33.7 Å². The van der Waals surface area contributed by atoms with Crippen molar-refractivity contribution in [3.05, 3.63) is 42.1 Å². The maximum atomic E-state index is 5.59. The van der Waals surface area contributed by atoms with Crippen molar-refractivity contribution in [1.82, 2.24) is 15.8 Å². The van der Waals surface area contributed by atoms with Crippen LogP contribution in [0.4, 0.5) is 0 Å². The van der Waals surface area contributed by atoms with Crippen molar-refractivity contribution in [3.8, 4) is 11.3 Å². The van der Waals surface area contributed by atoms with Gasteiger partial charge in [0.2, 0.25) is 0 Å². The number of aromatic nitrogens is 1. The lowest BCUT2D eigenvalue weighted by Gasteiger charge is -2.11. The minimum atomic E-state index is 0. The molecule has 1 heterocycles. The predicted octanol–water partition coefficient (Wildman–Crippen LogP) is 4.08.